The van der Waals surface area contributed by atoms with E-state index in [1.165, 1.54) is 0 Å². The molecule has 3 rings (SSSR count). The molecule has 2 aliphatic rings. The average Bonchev–Trinajstić information content (AvgIpc) is 2.76. The predicted molar refractivity (Wildman–Crippen MR) is 79.9 cm³/mol. The van der Waals surface area contributed by atoms with Crippen molar-refractivity contribution in [3.05, 3.63) is 35.4 Å². The van der Waals surface area contributed by atoms with E-state index in [-0.39, 0.29) is 30.4 Å². The van der Waals surface area contributed by atoms with Crippen LogP contribution in [-0.4, -0.2) is 29.7 Å². The van der Waals surface area contributed by atoms with Crippen molar-refractivity contribution in [2.75, 3.05) is 6.54 Å². The Kier molecular flexibility index (Phi) is 5.02. The Labute approximate surface area is 125 Å². The average molecular weight is 297 g/mol. The number of nitrogens with one attached hydrogen (secondary N) is 2. The summed E-state index contributed by atoms with van der Waals surface area (Å²) in [6.07, 6.45) is 3.23. The third kappa shape index (κ3) is 2.97. The van der Waals surface area contributed by atoms with Crippen LogP contribution in [0.2, 0.25) is 0 Å². The molecule has 0 saturated carbocycles. The summed E-state index contributed by atoms with van der Waals surface area (Å²) < 4.78 is 0. The van der Waals surface area contributed by atoms with Gasteiger partial charge in [-0.25, -0.2) is 0 Å². The summed E-state index contributed by atoms with van der Waals surface area (Å²) in [5, 5.41) is 16.4. The lowest BCUT2D eigenvalue weighted by molar-refractivity contribution is -0.125. The molecular weight excluding hydrogens is 276 g/mol. The van der Waals surface area contributed by atoms with Crippen LogP contribution < -0.4 is 10.6 Å². The van der Waals surface area contributed by atoms with Gasteiger partial charge in [-0.15, -0.1) is 12.4 Å². The van der Waals surface area contributed by atoms with Gasteiger partial charge in [0.2, 0.25) is 5.91 Å². The number of carbonyl (C=O) groups is 1. The first-order valence-electron chi connectivity index (χ1n) is 7.05. The number of hydrogen-bond donors (Lipinski definition) is 3. The highest BCUT2D eigenvalue weighted by Gasteiger charge is 2.33. The van der Waals surface area contributed by atoms with Crippen molar-refractivity contribution < 1.29 is 9.90 Å². The summed E-state index contributed by atoms with van der Waals surface area (Å²) in [5.74, 6) is 0.0143. The predicted octanol–water partition coefficient (Wildman–Crippen LogP) is 1.32. The minimum Gasteiger partial charge on any atom is -0.390 e. The number of piperidine rings is 1. The van der Waals surface area contributed by atoms with Gasteiger partial charge < -0.3 is 15.7 Å². The molecule has 1 amide bonds. The fourth-order valence-corrected chi connectivity index (χ4v) is 3.08. The summed E-state index contributed by atoms with van der Waals surface area (Å²) in [7, 11) is 0. The molecule has 0 aromatic heterocycles. The van der Waals surface area contributed by atoms with Crippen LogP contribution in [0.1, 0.15) is 36.4 Å². The van der Waals surface area contributed by atoms with Gasteiger partial charge in [0.05, 0.1) is 18.2 Å². The molecular formula is C15H21ClN2O2. The van der Waals surface area contributed by atoms with E-state index in [2.05, 4.69) is 10.6 Å². The highest BCUT2D eigenvalue weighted by Crippen LogP contribution is 2.31. The van der Waals surface area contributed by atoms with Gasteiger partial charge in [-0.1, -0.05) is 30.7 Å². The van der Waals surface area contributed by atoms with Gasteiger partial charge >= 0.3 is 0 Å². The molecule has 0 bridgehead atoms. The number of benzene rings is 1. The Morgan fingerprint density at radius 1 is 1.30 bits per heavy atom. The van der Waals surface area contributed by atoms with Crippen LogP contribution in [0.4, 0.5) is 0 Å². The molecule has 110 valence electrons. The summed E-state index contributed by atoms with van der Waals surface area (Å²) in [4.78, 5) is 12.2. The van der Waals surface area contributed by atoms with Gasteiger partial charge in [-0.2, -0.15) is 0 Å². The Morgan fingerprint density at radius 3 is 2.85 bits per heavy atom. The molecule has 3 N–H and O–H groups in total. The first-order chi connectivity index (χ1) is 9.25. The zero-order chi connectivity index (χ0) is 13.2. The number of hydrogen-bond acceptors (Lipinski definition) is 3. The molecule has 1 aromatic rings. The molecule has 1 saturated heterocycles. The quantitative estimate of drug-likeness (QED) is 0.771. The second-order valence-corrected chi connectivity index (χ2v) is 5.46. The number of aliphatic hydroxyl groups is 1. The highest BCUT2D eigenvalue weighted by atomic mass is 35.5. The molecule has 1 heterocycles. The molecule has 3 atom stereocenters. The molecule has 1 fully saturated rings. The lowest BCUT2D eigenvalue weighted by atomic mass is 10.0. The third-order valence-electron chi connectivity index (χ3n) is 4.13. The van der Waals surface area contributed by atoms with Crippen molar-refractivity contribution in [3.63, 3.8) is 0 Å². The van der Waals surface area contributed by atoms with Crippen LogP contribution in [0, 0.1) is 0 Å². The minimum atomic E-state index is -0.509. The fraction of sp³-hybridized carbons (Fsp3) is 0.533. The molecule has 1 aromatic carbocycles. The Hall–Kier alpha value is -1.10. The Morgan fingerprint density at radius 2 is 2.10 bits per heavy atom. The lowest BCUT2D eigenvalue weighted by Crippen LogP contribution is -2.48. The van der Waals surface area contributed by atoms with Crippen LogP contribution in [0.3, 0.4) is 0 Å². The first-order valence-corrected chi connectivity index (χ1v) is 7.05. The van der Waals surface area contributed by atoms with Crippen LogP contribution in [-0.2, 0) is 11.2 Å². The number of carbonyl (C=O) groups excluding carboxylic acids is 1. The third-order valence-corrected chi connectivity index (χ3v) is 4.13. The topological polar surface area (TPSA) is 61.4 Å². The Bertz CT molecular complexity index is 475. The van der Waals surface area contributed by atoms with E-state index in [0.29, 0.717) is 6.42 Å². The Balaban J connectivity index is 0.00000147. The van der Waals surface area contributed by atoms with Gasteiger partial charge in [0.25, 0.3) is 0 Å². The molecule has 1 aliphatic carbocycles. The first kappa shape index (κ1) is 15.3. The molecule has 4 nitrogen and oxygen atoms in total. The van der Waals surface area contributed by atoms with Gasteiger partial charge in [-0.05, 0) is 30.5 Å². The van der Waals surface area contributed by atoms with Gasteiger partial charge in [0.1, 0.15) is 0 Å². The maximum absolute atomic E-state index is 12.2. The number of amides is 1. The van der Waals surface area contributed by atoms with E-state index >= 15 is 0 Å². The maximum atomic E-state index is 12.2. The minimum absolute atomic E-state index is 0. The zero-order valence-electron chi connectivity index (χ0n) is 11.3. The summed E-state index contributed by atoms with van der Waals surface area (Å²) >= 11 is 0. The number of fused-ring (bicyclic) bond motifs is 1. The number of aliphatic hydroxyl groups excluding tert-OH is 1. The fourth-order valence-electron chi connectivity index (χ4n) is 3.08. The van der Waals surface area contributed by atoms with Crippen LogP contribution in [0.15, 0.2) is 24.3 Å². The van der Waals surface area contributed by atoms with Crippen molar-refractivity contribution in [2.24, 2.45) is 0 Å². The van der Waals surface area contributed by atoms with E-state index in [9.17, 15) is 9.90 Å². The van der Waals surface area contributed by atoms with Crippen LogP contribution in [0.25, 0.3) is 0 Å². The SMILES string of the molecule is Cl.O=C(N[C@H]1c2ccccc2C[C@H]1O)[C@@H]1CCCCN1. The van der Waals surface area contributed by atoms with Gasteiger partial charge in [-0.3, -0.25) is 4.79 Å². The monoisotopic (exact) mass is 296 g/mol. The molecule has 5 heteroatoms. The number of rotatable bonds is 2. The van der Waals surface area contributed by atoms with E-state index in [0.717, 1.165) is 36.9 Å². The molecule has 20 heavy (non-hydrogen) atoms. The normalized spacial score (nSPS) is 28.4. The van der Waals surface area contributed by atoms with E-state index < -0.39 is 6.10 Å². The maximum Gasteiger partial charge on any atom is 0.237 e. The van der Waals surface area contributed by atoms with Crippen molar-refractivity contribution in [3.8, 4) is 0 Å². The summed E-state index contributed by atoms with van der Waals surface area (Å²) in [6, 6.07) is 7.57. The van der Waals surface area contributed by atoms with E-state index in [1.54, 1.807) is 0 Å². The molecule has 1 aliphatic heterocycles. The molecule has 0 spiro atoms. The highest BCUT2D eigenvalue weighted by molar-refractivity contribution is 5.85. The van der Waals surface area contributed by atoms with E-state index in [1.807, 2.05) is 24.3 Å². The second-order valence-electron chi connectivity index (χ2n) is 5.46. The van der Waals surface area contributed by atoms with Crippen molar-refractivity contribution in [1.82, 2.24) is 10.6 Å². The summed E-state index contributed by atoms with van der Waals surface area (Å²) in [5.41, 5.74) is 2.19. The van der Waals surface area contributed by atoms with E-state index in [4.69, 9.17) is 0 Å². The molecule has 0 unspecified atom stereocenters. The van der Waals surface area contributed by atoms with Crippen LogP contribution >= 0.6 is 12.4 Å². The van der Waals surface area contributed by atoms with Crippen LogP contribution in [0.5, 0.6) is 0 Å². The van der Waals surface area contributed by atoms with Gasteiger partial charge in [0.15, 0.2) is 0 Å². The van der Waals surface area contributed by atoms with Crippen molar-refractivity contribution in [1.29, 1.82) is 0 Å². The molecule has 0 radical (unpaired) electrons. The summed E-state index contributed by atoms with van der Waals surface area (Å²) in [6.45, 7) is 0.905. The standard InChI is InChI=1S/C15H20N2O2.ClH/c18-13-9-10-5-1-2-6-11(10)14(13)17-15(19)12-7-3-4-8-16-12;/h1-2,5-6,12-14,16,18H,3-4,7-9H2,(H,17,19);1H/t12-,13+,14-;/m0./s1. The lowest BCUT2D eigenvalue weighted by Gasteiger charge is -2.26. The number of halogens is 1. The van der Waals surface area contributed by atoms with Crippen molar-refractivity contribution >= 4 is 18.3 Å². The van der Waals surface area contributed by atoms with Gasteiger partial charge in [0, 0.05) is 6.42 Å². The zero-order valence-corrected chi connectivity index (χ0v) is 12.2. The second kappa shape index (κ2) is 6.57. The van der Waals surface area contributed by atoms with Crippen molar-refractivity contribution in [2.45, 2.75) is 43.9 Å². The smallest absolute Gasteiger partial charge is 0.237 e. The largest absolute Gasteiger partial charge is 0.390 e.